The SMILES string of the molecule is O=C(Cc1ccc(I)cc1)C1(c2ccccc2)CC1. The number of rotatable bonds is 4. The van der Waals surface area contributed by atoms with Crippen LogP contribution < -0.4 is 0 Å². The predicted octanol–water partition coefficient (Wildman–Crippen LogP) is 4.13. The van der Waals surface area contributed by atoms with E-state index in [1.807, 2.05) is 18.2 Å². The molecule has 0 atom stereocenters. The lowest BCUT2D eigenvalue weighted by molar-refractivity contribution is -0.120. The first-order chi connectivity index (χ1) is 9.21. The highest BCUT2D eigenvalue weighted by Crippen LogP contribution is 2.49. The Bertz CT molecular complexity index is 582. The normalized spacial score (nSPS) is 16.1. The van der Waals surface area contributed by atoms with E-state index in [1.165, 1.54) is 9.13 Å². The third-order valence-corrected chi connectivity index (χ3v) is 4.61. The zero-order valence-corrected chi connectivity index (χ0v) is 12.8. The van der Waals surface area contributed by atoms with Gasteiger partial charge in [0.25, 0.3) is 0 Å². The average Bonchev–Trinajstić information content (AvgIpc) is 3.24. The Morgan fingerprint density at radius 3 is 2.21 bits per heavy atom. The van der Waals surface area contributed by atoms with E-state index in [2.05, 4.69) is 59.0 Å². The van der Waals surface area contributed by atoms with Crippen molar-refractivity contribution in [3.8, 4) is 0 Å². The summed E-state index contributed by atoms with van der Waals surface area (Å²) in [7, 11) is 0. The molecule has 96 valence electrons. The molecule has 0 unspecified atom stereocenters. The van der Waals surface area contributed by atoms with Gasteiger partial charge in [-0.05, 0) is 58.7 Å². The van der Waals surface area contributed by atoms with E-state index in [1.54, 1.807) is 0 Å². The van der Waals surface area contributed by atoms with Gasteiger partial charge in [-0.1, -0.05) is 42.5 Å². The quantitative estimate of drug-likeness (QED) is 0.748. The third kappa shape index (κ3) is 2.59. The van der Waals surface area contributed by atoms with E-state index in [0.717, 1.165) is 18.4 Å². The minimum Gasteiger partial charge on any atom is -0.298 e. The highest BCUT2D eigenvalue weighted by molar-refractivity contribution is 14.1. The molecule has 0 spiro atoms. The summed E-state index contributed by atoms with van der Waals surface area (Å²) in [5, 5.41) is 0. The maximum absolute atomic E-state index is 12.6. The minimum atomic E-state index is -0.190. The second-order valence-corrected chi connectivity index (χ2v) is 6.42. The van der Waals surface area contributed by atoms with Gasteiger partial charge < -0.3 is 0 Å². The topological polar surface area (TPSA) is 17.1 Å². The Kier molecular flexibility index (Phi) is 3.44. The highest BCUT2D eigenvalue weighted by atomic mass is 127. The van der Waals surface area contributed by atoms with Gasteiger partial charge in [-0.3, -0.25) is 4.79 Å². The van der Waals surface area contributed by atoms with Crippen molar-refractivity contribution in [1.29, 1.82) is 0 Å². The molecule has 0 saturated heterocycles. The minimum absolute atomic E-state index is 0.190. The third-order valence-electron chi connectivity index (χ3n) is 3.89. The van der Waals surface area contributed by atoms with Gasteiger partial charge in [-0.15, -0.1) is 0 Å². The average molecular weight is 362 g/mol. The summed E-state index contributed by atoms with van der Waals surface area (Å²) < 4.78 is 1.21. The Morgan fingerprint density at radius 2 is 1.63 bits per heavy atom. The molecule has 0 amide bonds. The van der Waals surface area contributed by atoms with E-state index in [0.29, 0.717) is 12.2 Å². The number of Topliss-reactive ketones (excluding diaryl/α,β-unsaturated/α-hetero) is 1. The second-order valence-electron chi connectivity index (χ2n) is 5.17. The van der Waals surface area contributed by atoms with E-state index < -0.39 is 0 Å². The van der Waals surface area contributed by atoms with Crippen LogP contribution in [-0.4, -0.2) is 5.78 Å². The van der Waals surface area contributed by atoms with Crippen LogP contribution in [0.3, 0.4) is 0 Å². The molecule has 0 aromatic heterocycles. The first-order valence-electron chi connectivity index (χ1n) is 6.54. The van der Waals surface area contributed by atoms with Gasteiger partial charge in [0.1, 0.15) is 5.78 Å². The van der Waals surface area contributed by atoms with Crippen LogP contribution in [0.25, 0.3) is 0 Å². The standard InChI is InChI=1S/C17H15IO/c18-15-8-6-13(7-9-15)12-16(19)17(10-11-17)14-4-2-1-3-5-14/h1-9H,10-12H2. The fraction of sp³-hybridized carbons (Fsp3) is 0.235. The number of hydrogen-bond donors (Lipinski definition) is 0. The largest absolute Gasteiger partial charge is 0.298 e. The predicted molar refractivity (Wildman–Crippen MR) is 85.2 cm³/mol. The molecule has 1 saturated carbocycles. The first-order valence-corrected chi connectivity index (χ1v) is 7.62. The fourth-order valence-electron chi connectivity index (χ4n) is 2.57. The van der Waals surface area contributed by atoms with E-state index in [9.17, 15) is 4.79 Å². The summed E-state index contributed by atoms with van der Waals surface area (Å²) in [6.07, 6.45) is 2.55. The maximum Gasteiger partial charge on any atom is 0.147 e. The van der Waals surface area contributed by atoms with Gasteiger partial charge >= 0.3 is 0 Å². The Morgan fingerprint density at radius 1 is 1.00 bits per heavy atom. The van der Waals surface area contributed by atoms with Crippen molar-refractivity contribution in [3.63, 3.8) is 0 Å². The van der Waals surface area contributed by atoms with Crippen molar-refractivity contribution in [2.24, 2.45) is 0 Å². The summed E-state index contributed by atoms with van der Waals surface area (Å²) in [4.78, 5) is 12.6. The van der Waals surface area contributed by atoms with Crippen LogP contribution in [0.1, 0.15) is 24.0 Å². The molecule has 1 fully saturated rings. The molecule has 0 radical (unpaired) electrons. The van der Waals surface area contributed by atoms with Crippen molar-refractivity contribution in [2.75, 3.05) is 0 Å². The number of ketones is 1. The van der Waals surface area contributed by atoms with Crippen LogP contribution in [0.4, 0.5) is 0 Å². The van der Waals surface area contributed by atoms with E-state index in [4.69, 9.17) is 0 Å². The lowest BCUT2D eigenvalue weighted by Crippen LogP contribution is -2.22. The van der Waals surface area contributed by atoms with Crippen LogP contribution in [0.5, 0.6) is 0 Å². The summed E-state index contributed by atoms with van der Waals surface area (Å²) in [6, 6.07) is 18.4. The molecule has 1 nitrogen and oxygen atoms in total. The molecule has 2 heteroatoms. The Balaban J connectivity index is 1.79. The van der Waals surface area contributed by atoms with Gasteiger partial charge in [0.2, 0.25) is 0 Å². The Hall–Kier alpha value is -1.16. The van der Waals surface area contributed by atoms with Gasteiger partial charge in [-0.2, -0.15) is 0 Å². The van der Waals surface area contributed by atoms with Crippen LogP contribution in [0.15, 0.2) is 54.6 Å². The van der Waals surface area contributed by atoms with Crippen molar-refractivity contribution in [2.45, 2.75) is 24.7 Å². The molecule has 0 aliphatic heterocycles. The number of carbonyl (C=O) groups is 1. The first kappa shape index (κ1) is 12.9. The van der Waals surface area contributed by atoms with Crippen molar-refractivity contribution < 1.29 is 4.79 Å². The number of hydrogen-bond acceptors (Lipinski definition) is 1. The molecular formula is C17H15IO. The molecule has 2 aromatic carbocycles. The van der Waals surface area contributed by atoms with Crippen molar-refractivity contribution in [3.05, 3.63) is 69.3 Å². The zero-order chi connectivity index (χ0) is 13.3. The molecule has 1 aliphatic rings. The number of carbonyl (C=O) groups excluding carboxylic acids is 1. The van der Waals surface area contributed by atoms with Gasteiger partial charge in [0.15, 0.2) is 0 Å². The van der Waals surface area contributed by atoms with Crippen molar-refractivity contribution in [1.82, 2.24) is 0 Å². The van der Waals surface area contributed by atoms with Gasteiger partial charge in [0.05, 0.1) is 5.41 Å². The summed E-state index contributed by atoms with van der Waals surface area (Å²) >= 11 is 2.28. The molecule has 0 N–H and O–H groups in total. The number of halogens is 1. The maximum atomic E-state index is 12.6. The number of benzene rings is 2. The van der Waals surface area contributed by atoms with Crippen LogP contribution >= 0.6 is 22.6 Å². The van der Waals surface area contributed by atoms with Gasteiger partial charge in [-0.25, -0.2) is 0 Å². The molecule has 2 aromatic rings. The monoisotopic (exact) mass is 362 g/mol. The molecule has 19 heavy (non-hydrogen) atoms. The molecular weight excluding hydrogens is 347 g/mol. The highest BCUT2D eigenvalue weighted by Gasteiger charge is 2.50. The Labute approximate surface area is 127 Å². The molecule has 3 rings (SSSR count). The lowest BCUT2D eigenvalue weighted by Gasteiger charge is -2.14. The van der Waals surface area contributed by atoms with Gasteiger partial charge in [0, 0.05) is 9.99 Å². The summed E-state index contributed by atoms with van der Waals surface area (Å²) in [5.41, 5.74) is 2.11. The zero-order valence-electron chi connectivity index (χ0n) is 10.6. The smallest absolute Gasteiger partial charge is 0.147 e. The summed E-state index contributed by atoms with van der Waals surface area (Å²) in [6.45, 7) is 0. The molecule has 0 bridgehead atoms. The molecule has 1 aliphatic carbocycles. The molecule has 0 heterocycles. The van der Waals surface area contributed by atoms with Crippen LogP contribution in [-0.2, 0) is 16.6 Å². The van der Waals surface area contributed by atoms with Crippen LogP contribution in [0.2, 0.25) is 0 Å². The van der Waals surface area contributed by atoms with E-state index in [-0.39, 0.29) is 5.41 Å². The fourth-order valence-corrected chi connectivity index (χ4v) is 2.93. The summed E-state index contributed by atoms with van der Waals surface area (Å²) in [5.74, 6) is 0.361. The van der Waals surface area contributed by atoms with Crippen molar-refractivity contribution >= 4 is 28.4 Å². The lowest BCUT2D eigenvalue weighted by atomic mass is 9.88. The van der Waals surface area contributed by atoms with Crippen LogP contribution in [0, 0.1) is 3.57 Å². The second kappa shape index (κ2) is 5.08. The van der Waals surface area contributed by atoms with E-state index >= 15 is 0 Å².